The fourth-order valence-corrected chi connectivity index (χ4v) is 4.28. The van der Waals surface area contributed by atoms with E-state index in [4.69, 9.17) is 27.8 Å². The quantitative estimate of drug-likeness (QED) is 0.507. The molecule has 2 atom stereocenters. The number of nitriles is 1. The van der Waals surface area contributed by atoms with E-state index in [1.165, 1.54) is 0 Å². The van der Waals surface area contributed by atoms with Gasteiger partial charge in [-0.3, -0.25) is 10.1 Å². The van der Waals surface area contributed by atoms with Gasteiger partial charge in [0.1, 0.15) is 17.4 Å². The van der Waals surface area contributed by atoms with Crippen LogP contribution in [-0.4, -0.2) is 22.3 Å². The number of aryl methyl sites for hydroxylation is 1. The number of hydrogen-bond donors (Lipinski definition) is 3. The molecule has 0 bridgehead atoms. The number of thiol groups is 1. The van der Waals surface area contributed by atoms with Gasteiger partial charge < -0.3 is 15.2 Å². The molecule has 0 radical (unpaired) electrons. The Hall–Kier alpha value is -3.44. The molecule has 0 spiro atoms. The number of pyridine rings is 1. The van der Waals surface area contributed by atoms with Crippen LogP contribution in [0.5, 0.6) is 11.6 Å². The van der Waals surface area contributed by atoms with E-state index in [1.807, 2.05) is 36.4 Å². The predicted octanol–water partition coefficient (Wildman–Crippen LogP) is 4.00. The Labute approximate surface area is 186 Å². The number of H-pyrrole nitrogens is 1. The summed E-state index contributed by atoms with van der Waals surface area (Å²) in [6, 6.07) is 13.8. The van der Waals surface area contributed by atoms with Crippen molar-refractivity contribution in [1.29, 1.82) is 5.26 Å². The van der Waals surface area contributed by atoms with Crippen molar-refractivity contribution in [2.45, 2.75) is 30.9 Å². The summed E-state index contributed by atoms with van der Waals surface area (Å²) >= 11 is 4.82. The Morgan fingerprint density at radius 2 is 2.19 bits per heavy atom. The van der Waals surface area contributed by atoms with Crippen LogP contribution in [0.15, 0.2) is 54.1 Å². The molecule has 0 fully saturated rings. The second-order valence-corrected chi connectivity index (χ2v) is 7.77. The molecule has 2 aromatic heterocycles. The SMILES string of the molecule is CCCc1[nH]nc2c1C(c1ccc(OC)c(C(S)c3ccccn3)c1)C(C#N)=C(N)O2. The molecule has 4 rings (SSSR count). The molecule has 158 valence electrons. The van der Waals surface area contributed by atoms with Gasteiger partial charge in [0.05, 0.1) is 24.0 Å². The van der Waals surface area contributed by atoms with Crippen LogP contribution in [0.1, 0.15) is 52.6 Å². The molecule has 3 heterocycles. The summed E-state index contributed by atoms with van der Waals surface area (Å²) in [7, 11) is 1.62. The Bertz CT molecular complexity index is 1170. The normalized spacial score (nSPS) is 16.3. The Morgan fingerprint density at radius 1 is 1.35 bits per heavy atom. The zero-order valence-electron chi connectivity index (χ0n) is 17.3. The lowest BCUT2D eigenvalue weighted by Crippen LogP contribution is -2.21. The highest BCUT2D eigenvalue weighted by Gasteiger charge is 2.35. The Balaban J connectivity index is 1.88. The summed E-state index contributed by atoms with van der Waals surface area (Å²) in [4.78, 5) is 4.43. The van der Waals surface area contributed by atoms with Crippen molar-refractivity contribution >= 4 is 12.6 Å². The number of nitrogens with zero attached hydrogens (tertiary/aromatic N) is 3. The van der Waals surface area contributed by atoms with Gasteiger partial charge >= 0.3 is 0 Å². The molecule has 31 heavy (non-hydrogen) atoms. The van der Waals surface area contributed by atoms with Gasteiger partial charge in [0.2, 0.25) is 11.8 Å². The summed E-state index contributed by atoms with van der Waals surface area (Å²) in [5.41, 5.74) is 10.8. The summed E-state index contributed by atoms with van der Waals surface area (Å²) in [5.74, 6) is 0.773. The average Bonchev–Trinajstić information content (AvgIpc) is 3.20. The molecule has 1 aromatic carbocycles. The molecule has 1 aliphatic rings. The van der Waals surface area contributed by atoms with E-state index in [2.05, 4.69) is 28.2 Å². The number of fused-ring (bicyclic) bond motifs is 1. The third-order valence-electron chi connectivity index (χ3n) is 5.37. The molecule has 3 N–H and O–H groups in total. The summed E-state index contributed by atoms with van der Waals surface area (Å²) < 4.78 is 11.2. The minimum Gasteiger partial charge on any atom is -0.496 e. The van der Waals surface area contributed by atoms with Crippen LogP contribution in [0, 0.1) is 11.3 Å². The number of allylic oxidation sites excluding steroid dienone is 1. The van der Waals surface area contributed by atoms with Crippen LogP contribution in [0.2, 0.25) is 0 Å². The first-order valence-electron chi connectivity index (χ1n) is 10.0. The van der Waals surface area contributed by atoms with Crippen molar-refractivity contribution in [3.05, 3.63) is 82.1 Å². The highest BCUT2D eigenvalue weighted by atomic mass is 32.1. The third kappa shape index (κ3) is 3.73. The van der Waals surface area contributed by atoms with E-state index in [0.29, 0.717) is 17.2 Å². The second kappa shape index (κ2) is 8.74. The van der Waals surface area contributed by atoms with Crippen LogP contribution in [0.4, 0.5) is 0 Å². The van der Waals surface area contributed by atoms with Crippen LogP contribution >= 0.6 is 12.6 Å². The third-order valence-corrected chi connectivity index (χ3v) is 5.91. The van der Waals surface area contributed by atoms with Crippen LogP contribution in [-0.2, 0) is 6.42 Å². The highest BCUT2D eigenvalue weighted by molar-refractivity contribution is 7.80. The molecule has 0 saturated carbocycles. The van der Waals surface area contributed by atoms with Crippen LogP contribution in [0.3, 0.4) is 0 Å². The second-order valence-electron chi connectivity index (χ2n) is 7.25. The van der Waals surface area contributed by atoms with Gasteiger partial charge in [0.25, 0.3) is 0 Å². The maximum Gasteiger partial charge on any atom is 0.244 e. The van der Waals surface area contributed by atoms with E-state index in [-0.39, 0.29) is 11.1 Å². The number of ether oxygens (including phenoxy) is 2. The topological polar surface area (TPSA) is 110 Å². The van der Waals surface area contributed by atoms with E-state index < -0.39 is 5.92 Å². The lowest BCUT2D eigenvalue weighted by Gasteiger charge is -2.25. The number of benzene rings is 1. The van der Waals surface area contributed by atoms with Gasteiger partial charge in [-0.25, -0.2) is 0 Å². The first-order valence-corrected chi connectivity index (χ1v) is 10.5. The van der Waals surface area contributed by atoms with Gasteiger partial charge in [0, 0.05) is 23.0 Å². The minimum atomic E-state index is -0.400. The number of nitrogens with one attached hydrogen (secondary N) is 1. The van der Waals surface area contributed by atoms with Gasteiger partial charge in [0.15, 0.2) is 0 Å². The highest BCUT2D eigenvalue weighted by Crippen LogP contribution is 2.45. The molecule has 1 aliphatic heterocycles. The fraction of sp³-hybridized carbons (Fsp3) is 0.261. The number of nitrogens with two attached hydrogens (primary N) is 1. The summed E-state index contributed by atoms with van der Waals surface area (Å²) in [6.45, 7) is 2.09. The zero-order valence-corrected chi connectivity index (χ0v) is 18.2. The van der Waals surface area contributed by atoms with Crippen molar-refractivity contribution in [2.75, 3.05) is 7.11 Å². The monoisotopic (exact) mass is 433 g/mol. The molecule has 0 aliphatic carbocycles. The van der Waals surface area contributed by atoms with E-state index >= 15 is 0 Å². The van der Waals surface area contributed by atoms with Crippen molar-refractivity contribution < 1.29 is 9.47 Å². The molecular formula is C23H23N5O2S. The number of aromatic nitrogens is 3. The minimum absolute atomic E-state index is 0.0686. The lowest BCUT2D eigenvalue weighted by atomic mass is 9.82. The first-order chi connectivity index (χ1) is 15.1. The standard InChI is InChI=1S/C23H23N5O2S/c1-3-6-16-20-19(15(12-24)22(25)30-23(20)28-27-16)13-8-9-18(29-2)14(11-13)21(31)17-7-4-5-10-26-17/h4-5,7-11,19,21,31H,3,6,25H2,1-2H3,(H,27,28). The van der Waals surface area contributed by atoms with Crippen molar-refractivity contribution in [3.63, 3.8) is 0 Å². The van der Waals surface area contributed by atoms with E-state index in [9.17, 15) is 5.26 Å². The van der Waals surface area contributed by atoms with Crippen molar-refractivity contribution in [1.82, 2.24) is 15.2 Å². The molecule has 0 amide bonds. The fourth-order valence-electron chi connectivity index (χ4n) is 3.93. The molecule has 7 nitrogen and oxygen atoms in total. The molecule has 3 aromatic rings. The number of aromatic amines is 1. The zero-order chi connectivity index (χ0) is 22.0. The smallest absolute Gasteiger partial charge is 0.244 e. The van der Waals surface area contributed by atoms with Crippen LogP contribution < -0.4 is 15.2 Å². The Morgan fingerprint density at radius 3 is 2.87 bits per heavy atom. The van der Waals surface area contributed by atoms with Crippen molar-refractivity contribution in [2.24, 2.45) is 5.73 Å². The van der Waals surface area contributed by atoms with E-state index in [0.717, 1.165) is 40.9 Å². The Kier molecular flexibility index (Phi) is 5.87. The lowest BCUT2D eigenvalue weighted by molar-refractivity contribution is 0.378. The molecule has 2 unspecified atom stereocenters. The maximum atomic E-state index is 9.89. The van der Waals surface area contributed by atoms with Gasteiger partial charge in [-0.1, -0.05) is 25.5 Å². The molecule has 8 heteroatoms. The number of rotatable bonds is 6. The van der Waals surface area contributed by atoms with Crippen molar-refractivity contribution in [3.8, 4) is 17.7 Å². The summed E-state index contributed by atoms with van der Waals surface area (Å²) in [5, 5.41) is 16.9. The van der Waals surface area contributed by atoms with Gasteiger partial charge in [-0.2, -0.15) is 17.9 Å². The molecular weight excluding hydrogens is 410 g/mol. The largest absolute Gasteiger partial charge is 0.496 e. The first kappa shape index (κ1) is 20.8. The van der Waals surface area contributed by atoms with Gasteiger partial charge in [-0.15, -0.1) is 5.10 Å². The van der Waals surface area contributed by atoms with Gasteiger partial charge in [-0.05, 0) is 36.2 Å². The number of hydrogen-bond acceptors (Lipinski definition) is 7. The summed E-state index contributed by atoms with van der Waals surface area (Å²) in [6.07, 6.45) is 3.45. The predicted molar refractivity (Wildman–Crippen MR) is 120 cm³/mol. The van der Waals surface area contributed by atoms with Crippen LogP contribution in [0.25, 0.3) is 0 Å². The molecule has 0 saturated heterocycles. The average molecular weight is 434 g/mol. The maximum absolute atomic E-state index is 9.89. The van der Waals surface area contributed by atoms with E-state index in [1.54, 1.807) is 13.3 Å². The number of methoxy groups -OCH3 is 1.